The number of rotatable bonds is 16. The minimum Gasteiger partial charge on any atom is -0.495 e. The van der Waals surface area contributed by atoms with Gasteiger partial charge in [0.15, 0.2) is 6.04 Å². The molecule has 16 heteroatoms. The third-order valence-electron chi connectivity index (χ3n) is 8.08. The van der Waals surface area contributed by atoms with Crippen LogP contribution in [0, 0.1) is 0 Å². The first kappa shape index (κ1) is 37.8. The number of carbonyl (C=O) groups is 5. The van der Waals surface area contributed by atoms with E-state index in [2.05, 4.69) is 10.6 Å². The van der Waals surface area contributed by atoms with Crippen molar-refractivity contribution in [3.63, 3.8) is 0 Å². The van der Waals surface area contributed by atoms with E-state index in [1.165, 1.54) is 44.9 Å². The Morgan fingerprint density at radius 1 is 0.980 bits per heavy atom. The van der Waals surface area contributed by atoms with Gasteiger partial charge >= 0.3 is 12.0 Å². The van der Waals surface area contributed by atoms with Crippen molar-refractivity contribution >= 4 is 63.6 Å². The molecule has 1 saturated heterocycles. The smallest absolute Gasteiger partial charge is 0.330 e. The summed E-state index contributed by atoms with van der Waals surface area (Å²) in [6.07, 6.45) is 2.19. The molecule has 2 heterocycles. The molecule has 0 bridgehead atoms. The van der Waals surface area contributed by atoms with Crippen molar-refractivity contribution in [2.75, 3.05) is 38.5 Å². The topological polar surface area (TPSA) is 178 Å². The van der Waals surface area contributed by atoms with Crippen molar-refractivity contribution in [1.29, 1.82) is 0 Å². The lowest BCUT2D eigenvalue weighted by atomic mass is 10.1. The van der Waals surface area contributed by atoms with Gasteiger partial charge in [-0.2, -0.15) is 0 Å². The number of anilines is 2. The van der Waals surface area contributed by atoms with Crippen LogP contribution in [0.1, 0.15) is 64.2 Å². The number of aromatic nitrogens is 2. The van der Waals surface area contributed by atoms with Crippen LogP contribution in [-0.4, -0.2) is 83.2 Å². The lowest BCUT2D eigenvalue weighted by Gasteiger charge is -2.27. The molecule has 1 aromatic heterocycles. The predicted molar refractivity (Wildman–Crippen MR) is 185 cm³/mol. The standard InChI is InChI=1S/C34H41ClN6O9/c1-6-50-26(43)16-10-8-7-9-13-17-40-29(38-27-22(31(40)45)18-21(35)19-24(27)36-20(2)42)28(41-32(46)33(49-5)39(3)34(41)47)30(44)37-23-14-11-12-15-25(23)48-4/h11-12,14-15,18-19,28,33H,6-10,13,16-17H2,1-5H3,(H,36,42)(H,37,44). The third kappa shape index (κ3) is 8.40. The maximum Gasteiger partial charge on any atom is 0.330 e. The number of para-hydroxylation sites is 2. The van der Waals surface area contributed by atoms with Crippen LogP contribution in [0.15, 0.2) is 41.2 Å². The Morgan fingerprint density at radius 2 is 1.68 bits per heavy atom. The Bertz CT molecular complexity index is 1830. The van der Waals surface area contributed by atoms with E-state index in [9.17, 15) is 28.8 Å². The average molecular weight is 713 g/mol. The molecule has 0 spiro atoms. The molecule has 15 nitrogen and oxygen atoms in total. The molecule has 2 N–H and O–H groups in total. The van der Waals surface area contributed by atoms with Crippen molar-refractivity contribution in [2.24, 2.45) is 0 Å². The molecule has 1 fully saturated rings. The highest BCUT2D eigenvalue weighted by molar-refractivity contribution is 6.32. The summed E-state index contributed by atoms with van der Waals surface area (Å²) in [4.78, 5) is 86.4. The van der Waals surface area contributed by atoms with Gasteiger partial charge in [0.2, 0.25) is 12.1 Å². The number of nitrogens with one attached hydrogen (secondary N) is 2. The van der Waals surface area contributed by atoms with E-state index in [0.29, 0.717) is 42.9 Å². The van der Waals surface area contributed by atoms with Gasteiger partial charge in [-0.05, 0) is 44.0 Å². The second-order valence-electron chi connectivity index (χ2n) is 11.6. The van der Waals surface area contributed by atoms with E-state index in [4.69, 9.17) is 30.8 Å². The van der Waals surface area contributed by atoms with Crippen LogP contribution >= 0.6 is 11.6 Å². The van der Waals surface area contributed by atoms with Crippen LogP contribution in [0.25, 0.3) is 10.9 Å². The van der Waals surface area contributed by atoms with Crippen molar-refractivity contribution in [3.05, 3.63) is 57.6 Å². The number of fused-ring (bicyclic) bond motifs is 1. The maximum atomic E-state index is 14.4. The maximum absolute atomic E-state index is 14.4. The molecular formula is C34H41ClN6O9. The second kappa shape index (κ2) is 17.1. The van der Waals surface area contributed by atoms with Crippen molar-refractivity contribution in [3.8, 4) is 5.75 Å². The zero-order valence-corrected chi connectivity index (χ0v) is 29.4. The van der Waals surface area contributed by atoms with Crippen LogP contribution in [0.2, 0.25) is 5.02 Å². The normalized spacial score (nSPS) is 15.0. The van der Waals surface area contributed by atoms with Gasteiger partial charge in [-0.3, -0.25) is 33.4 Å². The van der Waals surface area contributed by atoms with Crippen molar-refractivity contribution < 1.29 is 38.2 Å². The van der Waals surface area contributed by atoms with Gasteiger partial charge in [0, 0.05) is 39.1 Å². The van der Waals surface area contributed by atoms with Crippen LogP contribution in [0.3, 0.4) is 0 Å². The molecule has 50 heavy (non-hydrogen) atoms. The molecule has 268 valence electrons. The number of nitrogens with zero attached hydrogens (tertiary/aromatic N) is 4. The summed E-state index contributed by atoms with van der Waals surface area (Å²) in [5.41, 5.74) is -0.260. The van der Waals surface area contributed by atoms with E-state index >= 15 is 0 Å². The minimum atomic E-state index is -1.77. The highest BCUT2D eigenvalue weighted by Gasteiger charge is 2.51. The van der Waals surface area contributed by atoms with Crippen molar-refractivity contribution in [2.45, 2.75) is 71.2 Å². The van der Waals surface area contributed by atoms with Gasteiger partial charge < -0.3 is 24.8 Å². The number of methoxy groups -OCH3 is 2. The summed E-state index contributed by atoms with van der Waals surface area (Å²) >= 11 is 6.36. The highest BCUT2D eigenvalue weighted by Crippen LogP contribution is 2.33. The number of hydrogen-bond acceptors (Lipinski definition) is 10. The van der Waals surface area contributed by atoms with Gasteiger partial charge in [0.1, 0.15) is 17.1 Å². The molecule has 0 radical (unpaired) electrons. The minimum absolute atomic E-state index is 0.00523. The molecule has 1 aliphatic heterocycles. The zero-order chi connectivity index (χ0) is 36.5. The SMILES string of the molecule is CCOC(=O)CCCCCCCn1c(C(C(=O)Nc2ccccc2OC)N2C(=O)C(OC)N(C)C2=O)nc2c(NC(C)=O)cc(Cl)cc2c1=O. The first-order chi connectivity index (χ1) is 23.9. The van der Waals surface area contributed by atoms with Gasteiger partial charge in [-0.1, -0.05) is 43.0 Å². The molecule has 1 aliphatic rings. The van der Waals surface area contributed by atoms with E-state index in [1.807, 2.05) is 0 Å². The molecule has 5 amide bonds. The fourth-order valence-corrected chi connectivity index (χ4v) is 5.98. The number of halogens is 1. The number of hydrogen-bond donors (Lipinski definition) is 2. The molecule has 4 rings (SSSR count). The Kier molecular flexibility index (Phi) is 12.9. The third-order valence-corrected chi connectivity index (χ3v) is 8.30. The second-order valence-corrected chi connectivity index (χ2v) is 12.0. The van der Waals surface area contributed by atoms with Crippen LogP contribution < -0.4 is 20.9 Å². The molecule has 3 aromatic rings. The fourth-order valence-electron chi connectivity index (χ4n) is 5.76. The number of imide groups is 1. The van der Waals surface area contributed by atoms with Crippen LogP contribution in [-0.2, 0) is 35.2 Å². The first-order valence-corrected chi connectivity index (χ1v) is 16.5. The summed E-state index contributed by atoms with van der Waals surface area (Å²) in [6, 6.07) is 6.73. The number of carbonyl (C=O) groups excluding carboxylic acids is 5. The first-order valence-electron chi connectivity index (χ1n) is 16.2. The number of unbranched alkanes of at least 4 members (excludes halogenated alkanes) is 4. The van der Waals surface area contributed by atoms with E-state index in [1.54, 1.807) is 31.2 Å². The van der Waals surface area contributed by atoms with Gasteiger partial charge in [-0.25, -0.2) is 14.7 Å². The number of likely N-dealkylation sites (N-methyl/N-ethyl adjacent to an activating group) is 1. The van der Waals surface area contributed by atoms with Gasteiger partial charge in [-0.15, -0.1) is 0 Å². The van der Waals surface area contributed by atoms with Crippen molar-refractivity contribution in [1.82, 2.24) is 19.4 Å². The average Bonchev–Trinajstić information content (AvgIpc) is 3.28. The van der Waals surface area contributed by atoms with E-state index in [0.717, 1.165) is 17.7 Å². The van der Waals surface area contributed by atoms with Crippen LogP contribution in [0.4, 0.5) is 16.2 Å². The Labute approximate surface area is 293 Å². The van der Waals surface area contributed by atoms with Gasteiger partial charge in [0.25, 0.3) is 17.4 Å². The van der Waals surface area contributed by atoms with Gasteiger partial charge in [0.05, 0.1) is 30.5 Å². The lowest BCUT2D eigenvalue weighted by molar-refractivity contribution is -0.143. The lowest BCUT2D eigenvalue weighted by Crippen LogP contribution is -2.45. The summed E-state index contributed by atoms with van der Waals surface area (Å²) in [7, 11) is 4.02. The fraction of sp³-hybridized carbons (Fsp3) is 0.441. The van der Waals surface area contributed by atoms with E-state index < -0.39 is 41.6 Å². The highest BCUT2D eigenvalue weighted by atomic mass is 35.5. The monoisotopic (exact) mass is 712 g/mol. The number of esters is 1. The largest absolute Gasteiger partial charge is 0.495 e. The molecule has 2 aromatic carbocycles. The Hall–Kier alpha value is -5.02. The number of benzene rings is 2. The molecular weight excluding hydrogens is 672 g/mol. The summed E-state index contributed by atoms with van der Waals surface area (Å²) in [5.74, 6) is -2.36. The predicted octanol–water partition coefficient (Wildman–Crippen LogP) is 4.47. The summed E-state index contributed by atoms with van der Waals surface area (Å²) in [6.45, 7) is 3.39. The Morgan fingerprint density at radius 3 is 2.34 bits per heavy atom. The molecule has 2 atom stereocenters. The number of ether oxygens (including phenoxy) is 3. The number of urea groups is 1. The molecule has 0 saturated carbocycles. The van der Waals surface area contributed by atoms with E-state index in [-0.39, 0.29) is 45.6 Å². The quantitative estimate of drug-likeness (QED) is 0.122. The molecule has 0 aliphatic carbocycles. The summed E-state index contributed by atoms with van der Waals surface area (Å²) in [5, 5.41) is 5.56. The summed E-state index contributed by atoms with van der Waals surface area (Å²) < 4.78 is 16.9. The zero-order valence-electron chi connectivity index (χ0n) is 28.6. The van der Waals surface area contributed by atoms with Crippen LogP contribution in [0.5, 0.6) is 5.75 Å². The number of amides is 5. The molecule has 2 unspecified atom stereocenters. The Balaban J connectivity index is 1.84.